The number of fused-ring (bicyclic) bond motifs is 1. The third kappa shape index (κ3) is 2.22. The van der Waals surface area contributed by atoms with E-state index in [1.165, 1.54) is 21.3 Å². The smallest absolute Gasteiger partial charge is 0.345 e. The Hall–Kier alpha value is -1.18. The second-order valence-electron chi connectivity index (χ2n) is 4.79. The number of aliphatic carboxylic acids is 1. The predicted octanol–water partition coefficient (Wildman–Crippen LogP) is -0.322. The van der Waals surface area contributed by atoms with E-state index in [0.29, 0.717) is 6.42 Å². The van der Waals surface area contributed by atoms with Gasteiger partial charge in [0.05, 0.1) is 18.1 Å². The van der Waals surface area contributed by atoms with Crippen LogP contribution in [0.2, 0.25) is 0 Å². The number of cyclic esters (lactones) is 1. The number of methoxy groups -OCH3 is 3. The van der Waals surface area contributed by atoms with E-state index in [9.17, 15) is 9.59 Å². The van der Waals surface area contributed by atoms with E-state index in [1.807, 2.05) is 0 Å². The van der Waals surface area contributed by atoms with Crippen LogP contribution in [0.4, 0.5) is 0 Å². The van der Waals surface area contributed by atoms with E-state index in [4.69, 9.17) is 24.1 Å². The number of esters is 1. The van der Waals surface area contributed by atoms with Crippen LogP contribution in [-0.2, 0) is 28.5 Å². The predicted molar refractivity (Wildman–Crippen MR) is 61.5 cm³/mol. The molecule has 1 aliphatic heterocycles. The molecule has 6 atom stereocenters. The summed E-state index contributed by atoms with van der Waals surface area (Å²) in [5.74, 6) is -2.74. The molecule has 7 heteroatoms. The molecule has 0 amide bonds. The van der Waals surface area contributed by atoms with Gasteiger partial charge in [0.2, 0.25) is 6.10 Å². The molecule has 0 aromatic carbocycles. The summed E-state index contributed by atoms with van der Waals surface area (Å²) in [5, 5.41) is 9.16. The molecule has 2 fully saturated rings. The number of carbonyl (C=O) groups excluding carboxylic acids is 1. The number of hydrogen-bond acceptors (Lipinski definition) is 6. The van der Waals surface area contributed by atoms with Crippen LogP contribution in [0.5, 0.6) is 0 Å². The minimum atomic E-state index is -1.18. The van der Waals surface area contributed by atoms with Crippen LogP contribution < -0.4 is 0 Å². The number of carboxylic acids is 1. The number of rotatable bonds is 4. The minimum Gasteiger partial charge on any atom is -0.478 e. The van der Waals surface area contributed by atoms with Crippen molar-refractivity contribution in [1.29, 1.82) is 0 Å². The van der Waals surface area contributed by atoms with Crippen molar-refractivity contribution in [1.82, 2.24) is 0 Å². The molecule has 2 aliphatic rings. The molecule has 108 valence electrons. The van der Waals surface area contributed by atoms with E-state index in [-0.39, 0.29) is 6.10 Å². The number of carboxylic acid groups (broad SMARTS) is 1. The molecule has 1 saturated carbocycles. The van der Waals surface area contributed by atoms with Gasteiger partial charge in [-0.15, -0.1) is 0 Å². The molecule has 0 aromatic heterocycles. The second kappa shape index (κ2) is 5.44. The Kier molecular flexibility index (Phi) is 4.07. The molecule has 2 rings (SSSR count). The quantitative estimate of drug-likeness (QED) is 0.702. The fraction of sp³-hybridized carbons (Fsp3) is 0.833. The molecule has 0 unspecified atom stereocenters. The molecule has 1 N–H and O–H groups in total. The zero-order chi connectivity index (χ0) is 14.2. The lowest BCUT2D eigenvalue weighted by Gasteiger charge is -2.41. The maximum Gasteiger partial charge on any atom is 0.345 e. The maximum absolute atomic E-state index is 11.8. The van der Waals surface area contributed by atoms with Crippen molar-refractivity contribution < 1.29 is 33.6 Å². The van der Waals surface area contributed by atoms with Crippen molar-refractivity contribution in [3.63, 3.8) is 0 Å². The first kappa shape index (κ1) is 14.2. The van der Waals surface area contributed by atoms with Gasteiger partial charge in [0.1, 0.15) is 6.10 Å². The Morgan fingerprint density at radius 1 is 1.21 bits per heavy atom. The van der Waals surface area contributed by atoms with Crippen molar-refractivity contribution in [3.8, 4) is 0 Å². The first-order valence-electron chi connectivity index (χ1n) is 6.06. The summed E-state index contributed by atoms with van der Waals surface area (Å²) in [7, 11) is 4.50. The van der Waals surface area contributed by atoms with Crippen LogP contribution in [0.15, 0.2) is 0 Å². The molecule has 7 nitrogen and oxygen atoms in total. The number of hydrogen-bond donors (Lipinski definition) is 1. The zero-order valence-electron chi connectivity index (χ0n) is 11.1. The first-order valence-corrected chi connectivity index (χ1v) is 6.06. The summed E-state index contributed by atoms with van der Waals surface area (Å²) >= 11 is 0. The van der Waals surface area contributed by atoms with E-state index in [2.05, 4.69) is 0 Å². The Morgan fingerprint density at radius 3 is 2.32 bits per heavy atom. The SMILES string of the molecule is CO[C@@H]1[C@H](OC)[C@H](OC)C[C@@H]2C(=O)O[C@H](C(=O)O)[C@H]12. The Labute approximate surface area is 110 Å². The van der Waals surface area contributed by atoms with Gasteiger partial charge in [-0.1, -0.05) is 0 Å². The van der Waals surface area contributed by atoms with Crippen molar-refractivity contribution in [2.24, 2.45) is 11.8 Å². The largest absolute Gasteiger partial charge is 0.478 e. The molecular weight excluding hydrogens is 256 g/mol. The monoisotopic (exact) mass is 274 g/mol. The highest BCUT2D eigenvalue weighted by atomic mass is 16.6. The average molecular weight is 274 g/mol. The van der Waals surface area contributed by atoms with Crippen LogP contribution >= 0.6 is 0 Å². The van der Waals surface area contributed by atoms with Crippen LogP contribution in [0.25, 0.3) is 0 Å². The second-order valence-corrected chi connectivity index (χ2v) is 4.79. The van der Waals surface area contributed by atoms with Gasteiger partial charge in [0, 0.05) is 27.2 Å². The topological polar surface area (TPSA) is 91.3 Å². The molecule has 19 heavy (non-hydrogen) atoms. The summed E-state index contributed by atoms with van der Waals surface area (Å²) in [6.45, 7) is 0. The van der Waals surface area contributed by atoms with E-state index in [0.717, 1.165) is 0 Å². The highest BCUT2D eigenvalue weighted by molar-refractivity contribution is 5.84. The van der Waals surface area contributed by atoms with Gasteiger partial charge in [-0.2, -0.15) is 0 Å². The highest BCUT2D eigenvalue weighted by Gasteiger charge is 2.59. The van der Waals surface area contributed by atoms with Crippen LogP contribution in [0, 0.1) is 11.8 Å². The average Bonchev–Trinajstić information content (AvgIpc) is 2.73. The summed E-state index contributed by atoms with van der Waals surface area (Å²) in [6, 6.07) is 0. The lowest BCUT2D eigenvalue weighted by Crippen LogP contribution is -2.55. The van der Waals surface area contributed by atoms with Gasteiger partial charge in [-0.3, -0.25) is 4.79 Å². The van der Waals surface area contributed by atoms with Crippen LogP contribution in [-0.4, -0.2) is 62.8 Å². The van der Waals surface area contributed by atoms with Crippen molar-refractivity contribution in [2.45, 2.75) is 30.8 Å². The molecule has 1 saturated heterocycles. The molecule has 0 bridgehead atoms. The molecule has 0 aromatic rings. The Morgan fingerprint density at radius 2 is 1.84 bits per heavy atom. The fourth-order valence-corrected chi connectivity index (χ4v) is 3.15. The Balaban J connectivity index is 2.33. The summed E-state index contributed by atoms with van der Waals surface area (Å²) in [5.41, 5.74) is 0. The third-order valence-corrected chi connectivity index (χ3v) is 4.01. The number of carbonyl (C=O) groups is 2. The number of ether oxygens (including phenoxy) is 4. The molecule has 0 radical (unpaired) electrons. The molecular formula is C12H18O7. The third-order valence-electron chi connectivity index (χ3n) is 4.01. The molecule has 1 heterocycles. The van der Waals surface area contributed by atoms with Crippen molar-refractivity contribution in [2.75, 3.05) is 21.3 Å². The zero-order valence-corrected chi connectivity index (χ0v) is 11.1. The highest BCUT2D eigenvalue weighted by Crippen LogP contribution is 2.43. The van der Waals surface area contributed by atoms with Crippen LogP contribution in [0.1, 0.15) is 6.42 Å². The van der Waals surface area contributed by atoms with Gasteiger partial charge in [0.15, 0.2) is 0 Å². The van der Waals surface area contributed by atoms with Gasteiger partial charge < -0.3 is 24.1 Å². The fourth-order valence-electron chi connectivity index (χ4n) is 3.15. The van der Waals surface area contributed by atoms with Gasteiger partial charge in [-0.05, 0) is 6.42 Å². The first-order chi connectivity index (χ1) is 9.04. The molecule has 1 aliphatic carbocycles. The normalized spacial score (nSPS) is 41.7. The molecule has 0 spiro atoms. The maximum atomic E-state index is 11.8. The summed E-state index contributed by atoms with van der Waals surface area (Å²) in [4.78, 5) is 23.0. The van der Waals surface area contributed by atoms with Crippen molar-refractivity contribution >= 4 is 11.9 Å². The van der Waals surface area contributed by atoms with E-state index < -0.39 is 42.1 Å². The summed E-state index contributed by atoms with van der Waals surface area (Å²) in [6.07, 6.45) is -2.11. The van der Waals surface area contributed by atoms with Crippen LogP contribution in [0.3, 0.4) is 0 Å². The standard InChI is InChI=1S/C12H18O7/c1-16-6-4-5-7(9(18-3)8(6)17-2)10(11(13)14)19-12(5)15/h5-10H,4H2,1-3H3,(H,13,14)/t5-,6+,7-,8+,9-,10-/m0/s1. The van der Waals surface area contributed by atoms with Gasteiger partial charge >= 0.3 is 11.9 Å². The summed E-state index contributed by atoms with van der Waals surface area (Å²) < 4.78 is 21.0. The lowest BCUT2D eigenvalue weighted by molar-refractivity contribution is -0.173. The van der Waals surface area contributed by atoms with Gasteiger partial charge in [0.25, 0.3) is 0 Å². The Bertz CT molecular complexity index is 369. The van der Waals surface area contributed by atoms with E-state index >= 15 is 0 Å². The van der Waals surface area contributed by atoms with Crippen molar-refractivity contribution in [3.05, 3.63) is 0 Å². The van der Waals surface area contributed by atoms with Gasteiger partial charge in [-0.25, -0.2) is 4.79 Å². The lowest BCUT2D eigenvalue weighted by atomic mass is 9.73. The van der Waals surface area contributed by atoms with E-state index in [1.54, 1.807) is 0 Å². The minimum absolute atomic E-state index is 0.323.